The van der Waals surface area contributed by atoms with Crippen molar-refractivity contribution in [3.05, 3.63) is 24.1 Å². The molecule has 2 heterocycles. The zero-order valence-corrected chi connectivity index (χ0v) is 10.6. The van der Waals surface area contributed by atoms with Gasteiger partial charge in [0.2, 0.25) is 11.0 Å². The standard InChI is InChI=1S/C9H10FN5O3S/c1-2-18-9-12-8(13-14-9)15-19(16,17)7-6(10)4-3-5-11-7/h3-5H,2H2,1H3,(H2,12,13,14,15). The van der Waals surface area contributed by atoms with E-state index in [1.807, 2.05) is 4.72 Å². The van der Waals surface area contributed by atoms with Crippen LogP contribution in [0.25, 0.3) is 0 Å². The fraction of sp³-hybridized carbons (Fsp3) is 0.222. The van der Waals surface area contributed by atoms with Gasteiger partial charge < -0.3 is 4.74 Å². The number of hydrogen-bond acceptors (Lipinski definition) is 6. The summed E-state index contributed by atoms with van der Waals surface area (Å²) < 4.78 is 44.0. The minimum atomic E-state index is -4.17. The maximum absolute atomic E-state index is 13.4. The van der Waals surface area contributed by atoms with Crippen molar-refractivity contribution in [1.82, 2.24) is 20.2 Å². The lowest BCUT2D eigenvalue weighted by atomic mass is 10.5. The van der Waals surface area contributed by atoms with Crippen LogP contribution < -0.4 is 9.46 Å². The molecule has 0 bridgehead atoms. The first-order valence-electron chi connectivity index (χ1n) is 5.21. The lowest BCUT2D eigenvalue weighted by Crippen LogP contribution is -2.17. The molecular weight excluding hydrogens is 277 g/mol. The van der Waals surface area contributed by atoms with Crippen LogP contribution in [0.4, 0.5) is 10.3 Å². The Hall–Kier alpha value is -2.23. The molecule has 0 saturated carbocycles. The Labute approximate surface area is 108 Å². The maximum Gasteiger partial charge on any atom is 0.337 e. The number of aromatic amines is 1. The molecule has 19 heavy (non-hydrogen) atoms. The predicted octanol–water partition coefficient (Wildman–Crippen LogP) is 0.538. The minimum Gasteiger partial charge on any atom is -0.463 e. The molecule has 0 fully saturated rings. The van der Waals surface area contributed by atoms with Crippen molar-refractivity contribution < 1.29 is 17.5 Å². The average Bonchev–Trinajstić information content (AvgIpc) is 2.76. The van der Waals surface area contributed by atoms with Gasteiger partial charge in [0.1, 0.15) is 0 Å². The first-order chi connectivity index (χ1) is 9.03. The average molecular weight is 287 g/mol. The van der Waals surface area contributed by atoms with Gasteiger partial charge >= 0.3 is 6.01 Å². The van der Waals surface area contributed by atoms with Crippen LogP contribution in [0.5, 0.6) is 6.01 Å². The molecule has 0 saturated heterocycles. The Morgan fingerprint density at radius 2 is 2.32 bits per heavy atom. The molecule has 0 aliphatic carbocycles. The summed E-state index contributed by atoms with van der Waals surface area (Å²) in [6.07, 6.45) is 1.17. The molecule has 0 unspecified atom stereocenters. The lowest BCUT2D eigenvalue weighted by molar-refractivity contribution is 0.314. The molecule has 2 rings (SSSR count). The number of halogens is 1. The van der Waals surface area contributed by atoms with Crippen LogP contribution in [0, 0.1) is 5.82 Å². The normalized spacial score (nSPS) is 11.3. The van der Waals surface area contributed by atoms with Crippen LogP contribution in [0.2, 0.25) is 0 Å². The van der Waals surface area contributed by atoms with Crippen LogP contribution >= 0.6 is 0 Å². The van der Waals surface area contributed by atoms with Gasteiger partial charge in [0.05, 0.1) is 6.61 Å². The monoisotopic (exact) mass is 287 g/mol. The highest BCUT2D eigenvalue weighted by Gasteiger charge is 2.22. The molecule has 0 aromatic carbocycles. The highest BCUT2D eigenvalue weighted by Crippen LogP contribution is 2.14. The van der Waals surface area contributed by atoms with Gasteiger partial charge in [-0.2, -0.15) is 13.4 Å². The summed E-state index contributed by atoms with van der Waals surface area (Å²) >= 11 is 0. The maximum atomic E-state index is 13.4. The van der Waals surface area contributed by atoms with Gasteiger partial charge in [-0.05, 0) is 19.1 Å². The zero-order valence-electron chi connectivity index (χ0n) is 9.79. The summed E-state index contributed by atoms with van der Waals surface area (Å²) in [7, 11) is -4.17. The van der Waals surface area contributed by atoms with Crippen molar-refractivity contribution in [2.75, 3.05) is 11.3 Å². The number of sulfonamides is 1. The number of aromatic nitrogens is 4. The van der Waals surface area contributed by atoms with Gasteiger partial charge in [0.25, 0.3) is 10.0 Å². The van der Waals surface area contributed by atoms with Crippen LogP contribution in [0.15, 0.2) is 23.4 Å². The third-order valence-corrected chi connectivity index (χ3v) is 3.22. The zero-order chi connectivity index (χ0) is 13.9. The smallest absolute Gasteiger partial charge is 0.337 e. The first kappa shape index (κ1) is 13.2. The molecule has 0 radical (unpaired) electrons. The molecule has 2 N–H and O–H groups in total. The van der Waals surface area contributed by atoms with Gasteiger partial charge in [-0.1, -0.05) is 0 Å². The second-order valence-electron chi connectivity index (χ2n) is 3.30. The molecule has 0 atom stereocenters. The third-order valence-electron chi connectivity index (χ3n) is 1.95. The Bertz CT molecular complexity index is 672. The highest BCUT2D eigenvalue weighted by molar-refractivity contribution is 7.92. The number of anilines is 1. The van der Waals surface area contributed by atoms with Crippen molar-refractivity contribution in [3.63, 3.8) is 0 Å². The largest absolute Gasteiger partial charge is 0.463 e. The number of rotatable bonds is 5. The molecule has 102 valence electrons. The van der Waals surface area contributed by atoms with E-state index in [2.05, 4.69) is 20.2 Å². The number of H-pyrrole nitrogens is 1. The minimum absolute atomic E-state index is 0.0123. The van der Waals surface area contributed by atoms with Crippen molar-refractivity contribution in [2.24, 2.45) is 0 Å². The molecule has 0 spiro atoms. The van der Waals surface area contributed by atoms with E-state index < -0.39 is 20.9 Å². The SMILES string of the molecule is CCOc1n[nH]c(NS(=O)(=O)c2ncccc2F)n1. The third kappa shape index (κ3) is 2.96. The highest BCUT2D eigenvalue weighted by atomic mass is 32.2. The van der Waals surface area contributed by atoms with E-state index in [9.17, 15) is 12.8 Å². The Morgan fingerprint density at radius 1 is 1.53 bits per heavy atom. The number of nitrogens with one attached hydrogen (secondary N) is 2. The fourth-order valence-electron chi connectivity index (χ4n) is 1.23. The second-order valence-corrected chi connectivity index (χ2v) is 4.89. The molecular formula is C9H10FN5O3S. The molecule has 0 aliphatic rings. The van der Waals surface area contributed by atoms with E-state index in [-0.39, 0.29) is 12.0 Å². The summed E-state index contributed by atoms with van der Waals surface area (Å²) in [6, 6.07) is 2.27. The lowest BCUT2D eigenvalue weighted by Gasteiger charge is -2.04. The summed E-state index contributed by atoms with van der Waals surface area (Å²) in [5.74, 6) is -1.15. The number of pyridine rings is 1. The molecule has 0 aliphatic heterocycles. The van der Waals surface area contributed by atoms with E-state index in [0.717, 1.165) is 6.07 Å². The van der Waals surface area contributed by atoms with Gasteiger partial charge in [0.15, 0.2) is 5.82 Å². The number of nitrogens with zero attached hydrogens (tertiary/aromatic N) is 3. The molecule has 2 aromatic heterocycles. The topological polar surface area (TPSA) is 110 Å². The molecule has 8 nitrogen and oxygen atoms in total. The number of ether oxygens (including phenoxy) is 1. The quantitative estimate of drug-likeness (QED) is 0.830. The first-order valence-corrected chi connectivity index (χ1v) is 6.70. The molecule has 10 heteroatoms. The van der Waals surface area contributed by atoms with Gasteiger partial charge in [0, 0.05) is 6.20 Å². The summed E-state index contributed by atoms with van der Waals surface area (Å²) in [5, 5.41) is 5.20. The van der Waals surface area contributed by atoms with Crippen LogP contribution in [-0.4, -0.2) is 35.2 Å². The molecule has 0 amide bonds. The Kier molecular flexibility index (Phi) is 3.60. The van der Waals surface area contributed by atoms with Crippen LogP contribution in [0.3, 0.4) is 0 Å². The van der Waals surface area contributed by atoms with Crippen LogP contribution in [0.1, 0.15) is 6.92 Å². The summed E-state index contributed by atoms with van der Waals surface area (Å²) in [5.41, 5.74) is 0. The van der Waals surface area contributed by atoms with E-state index in [0.29, 0.717) is 6.61 Å². The van der Waals surface area contributed by atoms with Gasteiger partial charge in [-0.3, -0.25) is 0 Å². The van der Waals surface area contributed by atoms with Gasteiger partial charge in [-0.15, -0.1) is 5.10 Å². The fourth-order valence-corrected chi connectivity index (χ4v) is 2.20. The second kappa shape index (κ2) is 5.18. The summed E-state index contributed by atoms with van der Waals surface area (Å²) in [4.78, 5) is 7.18. The van der Waals surface area contributed by atoms with E-state index in [1.165, 1.54) is 12.3 Å². The van der Waals surface area contributed by atoms with E-state index in [4.69, 9.17) is 4.74 Å². The predicted molar refractivity (Wildman–Crippen MR) is 62.6 cm³/mol. The van der Waals surface area contributed by atoms with Crippen molar-refractivity contribution in [1.29, 1.82) is 0 Å². The van der Waals surface area contributed by atoms with Gasteiger partial charge in [-0.25, -0.2) is 19.2 Å². The van der Waals surface area contributed by atoms with Crippen molar-refractivity contribution >= 4 is 16.0 Å². The van der Waals surface area contributed by atoms with Crippen LogP contribution in [-0.2, 0) is 10.0 Å². The van der Waals surface area contributed by atoms with Crippen molar-refractivity contribution in [3.8, 4) is 6.01 Å². The van der Waals surface area contributed by atoms with E-state index >= 15 is 0 Å². The summed E-state index contributed by atoms with van der Waals surface area (Å²) in [6.45, 7) is 2.06. The van der Waals surface area contributed by atoms with Crippen molar-refractivity contribution in [2.45, 2.75) is 11.9 Å². The number of hydrogen-bond donors (Lipinski definition) is 2. The Balaban J connectivity index is 2.24. The van der Waals surface area contributed by atoms with E-state index in [1.54, 1.807) is 6.92 Å². The Morgan fingerprint density at radius 3 is 3.00 bits per heavy atom. The molecule has 2 aromatic rings.